The highest BCUT2D eigenvalue weighted by Crippen LogP contribution is 2.29. The third-order valence-corrected chi connectivity index (χ3v) is 5.30. The van der Waals surface area contributed by atoms with Crippen LogP contribution in [0.25, 0.3) is 0 Å². The molecule has 1 atom stereocenters. The molecule has 148 valence electrons. The van der Waals surface area contributed by atoms with Gasteiger partial charge in [-0.05, 0) is 23.6 Å². The molecule has 2 aromatic carbocycles. The summed E-state index contributed by atoms with van der Waals surface area (Å²) in [6.07, 6.45) is 2.73. The van der Waals surface area contributed by atoms with Crippen LogP contribution >= 0.6 is 0 Å². The molecule has 1 fully saturated rings. The molecule has 0 saturated carbocycles. The fourth-order valence-electron chi connectivity index (χ4n) is 3.74. The van der Waals surface area contributed by atoms with Crippen molar-refractivity contribution in [1.29, 1.82) is 0 Å². The molecular weight excluding hydrogens is 364 g/mol. The lowest BCUT2D eigenvalue weighted by Crippen LogP contribution is -2.29. The third-order valence-electron chi connectivity index (χ3n) is 5.30. The average Bonchev–Trinajstić information content (AvgIpc) is 3.35. The number of nitrogens with zero attached hydrogens (tertiary/aromatic N) is 3. The Morgan fingerprint density at radius 2 is 1.86 bits per heavy atom. The van der Waals surface area contributed by atoms with Crippen LogP contribution in [0.15, 0.2) is 66.9 Å². The van der Waals surface area contributed by atoms with Crippen molar-refractivity contribution in [3.63, 3.8) is 0 Å². The van der Waals surface area contributed by atoms with Crippen LogP contribution in [0.4, 0.5) is 11.5 Å². The van der Waals surface area contributed by atoms with E-state index in [0.29, 0.717) is 18.9 Å². The lowest BCUT2D eigenvalue weighted by molar-refractivity contribution is -0.122. The van der Waals surface area contributed by atoms with Gasteiger partial charge in [0.25, 0.3) is 0 Å². The Labute approximate surface area is 170 Å². The highest BCUT2D eigenvalue weighted by Gasteiger charge is 2.36. The van der Waals surface area contributed by atoms with Gasteiger partial charge in [0, 0.05) is 24.7 Å². The molecule has 2 amide bonds. The molecule has 1 aliphatic rings. The van der Waals surface area contributed by atoms with Crippen molar-refractivity contribution in [2.45, 2.75) is 26.3 Å². The van der Waals surface area contributed by atoms with E-state index in [1.165, 1.54) is 0 Å². The predicted octanol–water partition coefficient (Wildman–Crippen LogP) is 3.49. The summed E-state index contributed by atoms with van der Waals surface area (Å²) < 4.78 is 1.76. The summed E-state index contributed by atoms with van der Waals surface area (Å²) in [5, 5.41) is 7.27. The van der Waals surface area contributed by atoms with Gasteiger partial charge in [0.15, 0.2) is 0 Å². The second kappa shape index (κ2) is 8.31. The Morgan fingerprint density at radius 3 is 2.66 bits per heavy atom. The predicted molar refractivity (Wildman–Crippen MR) is 113 cm³/mol. The second-order valence-electron chi connectivity index (χ2n) is 7.24. The van der Waals surface area contributed by atoms with Crippen molar-refractivity contribution >= 4 is 23.3 Å². The fraction of sp³-hybridized carbons (Fsp3) is 0.261. The first-order chi connectivity index (χ1) is 14.2. The number of nitrogens with one attached hydrogen (secondary N) is 1. The van der Waals surface area contributed by atoms with Gasteiger partial charge >= 0.3 is 0 Å². The van der Waals surface area contributed by atoms with E-state index in [0.717, 1.165) is 23.2 Å². The van der Waals surface area contributed by atoms with Crippen molar-refractivity contribution in [3.05, 3.63) is 78.0 Å². The van der Waals surface area contributed by atoms with E-state index in [2.05, 4.69) is 17.3 Å². The molecule has 2 heterocycles. The highest BCUT2D eigenvalue weighted by molar-refractivity contribution is 6.03. The Kier molecular flexibility index (Phi) is 5.42. The van der Waals surface area contributed by atoms with Crippen molar-refractivity contribution in [2.75, 3.05) is 16.8 Å². The maximum absolute atomic E-state index is 12.9. The van der Waals surface area contributed by atoms with Crippen molar-refractivity contribution in [3.8, 4) is 0 Å². The van der Waals surface area contributed by atoms with E-state index in [-0.39, 0.29) is 24.2 Å². The van der Waals surface area contributed by atoms with Crippen LogP contribution < -0.4 is 10.2 Å². The summed E-state index contributed by atoms with van der Waals surface area (Å²) in [4.78, 5) is 27.2. The summed E-state index contributed by atoms with van der Waals surface area (Å²) in [5.41, 5.74) is 3.12. The van der Waals surface area contributed by atoms with E-state index in [4.69, 9.17) is 0 Å². The van der Waals surface area contributed by atoms with Gasteiger partial charge in [0.1, 0.15) is 5.82 Å². The first kappa shape index (κ1) is 18.9. The van der Waals surface area contributed by atoms with Crippen LogP contribution in [0.1, 0.15) is 24.5 Å². The monoisotopic (exact) mass is 388 g/mol. The molecule has 6 heteroatoms. The number of carbonyl (C=O) groups is 2. The Hall–Kier alpha value is -3.41. The lowest BCUT2D eigenvalue weighted by atomic mass is 10.1. The average molecular weight is 388 g/mol. The maximum atomic E-state index is 12.9. The first-order valence-electron chi connectivity index (χ1n) is 9.90. The van der Waals surface area contributed by atoms with E-state index < -0.39 is 0 Å². The highest BCUT2D eigenvalue weighted by atomic mass is 16.2. The number of anilines is 2. The number of aromatic nitrogens is 2. The summed E-state index contributed by atoms with van der Waals surface area (Å²) >= 11 is 0. The van der Waals surface area contributed by atoms with Crippen LogP contribution in [0, 0.1) is 5.92 Å². The molecule has 1 aliphatic heterocycles. The number of para-hydroxylation sites is 1. The SMILES string of the molecule is CCc1ccccc1N1C[C@@H](C(=O)Nc2ccnn2Cc2ccccc2)CC1=O. The van der Waals surface area contributed by atoms with Gasteiger partial charge < -0.3 is 10.2 Å². The van der Waals surface area contributed by atoms with E-state index in [9.17, 15) is 9.59 Å². The molecule has 3 aromatic rings. The standard InChI is InChI=1S/C23H24N4O2/c1-2-18-10-6-7-11-20(18)26-16-19(14-22(26)28)23(29)25-21-12-13-24-27(21)15-17-8-4-3-5-9-17/h3-13,19H,2,14-16H2,1H3,(H,25,29)/t19-/m0/s1. The molecule has 4 rings (SSSR count). The number of carbonyl (C=O) groups excluding carboxylic acids is 2. The number of hydrogen-bond donors (Lipinski definition) is 1. The molecule has 0 spiro atoms. The van der Waals surface area contributed by atoms with Crippen LogP contribution in [-0.4, -0.2) is 28.1 Å². The smallest absolute Gasteiger partial charge is 0.230 e. The van der Waals surface area contributed by atoms with Crippen molar-refractivity contribution in [2.24, 2.45) is 5.92 Å². The minimum atomic E-state index is -0.382. The number of amides is 2. The van der Waals surface area contributed by atoms with Gasteiger partial charge in [-0.25, -0.2) is 4.68 Å². The minimum absolute atomic E-state index is 0.0103. The molecule has 0 aliphatic carbocycles. The first-order valence-corrected chi connectivity index (χ1v) is 9.90. The quantitative estimate of drug-likeness (QED) is 0.703. The number of rotatable bonds is 6. The number of aryl methyl sites for hydroxylation is 1. The summed E-state index contributed by atoms with van der Waals surface area (Å²) in [6, 6.07) is 19.6. The minimum Gasteiger partial charge on any atom is -0.311 e. The maximum Gasteiger partial charge on any atom is 0.230 e. The van der Waals surface area contributed by atoms with Gasteiger partial charge in [-0.15, -0.1) is 0 Å². The summed E-state index contributed by atoms with van der Waals surface area (Å²) in [5.74, 6) is 0.0969. The van der Waals surface area contributed by atoms with Gasteiger partial charge in [-0.3, -0.25) is 9.59 Å². The molecule has 0 bridgehead atoms. The number of hydrogen-bond acceptors (Lipinski definition) is 3. The summed E-state index contributed by atoms with van der Waals surface area (Å²) in [6.45, 7) is 3.04. The van der Waals surface area contributed by atoms with E-state index in [1.807, 2.05) is 54.6 Å². The van der Waals surface area contributed by atoms with E-state index >= 15 is 0 Å². The summed E-state index contributed by atoms with van der Waals surface area (Å²) in [7, 11) is 0. The molecule has 0 unspecified atom stereocenters. The number of benzene rings is 2. The molecule has 1 saturated heterocycles. The third kappa shape index (κ3) is 4.06. The fourth-order valence-corrected chi connectivity index (χ4v) is 3.74. The molecule has 0 radical (unpaired) electrons. The zero-order valence-electron chi connectivity index (χ0n) is 16.4. The van der Waals surface area contributed by atoms with Crippen LogP contribution in [0.2, 0.25) is 0 Å². The van der Waals surface area contributed by atoms with Gasteiger partial charge in [-0.2, -0.15) is 5.10 Å². The largest absolute Gasteiger partial charge is 0.311 e. The van der Waals surface area contributed by atoms with Crippen LogP contribution in [0.5, 0.6) is 0 Å². The second-order valence-corrected chi connectivity index (χ2v) is 7.24. The van der Waals surface area contributed by atoms with Crippen LogP contribution in [-0.2, 0) is 22.6 Å². The Morgan fingerprint density at radius 1 is 1.10 bits per heavy atom. The molecule has 6 nitrogen and oxygen atoms in total. The normalized spacial score (nSPS) is 16.2. The van der Waals surface area contributed by atoms with Gasteiger partial charge in [0.2, 0.25) is 11.8 Å². The molecule has 1 N–H and O–H groups in total. The van der Waals surface area contributed by atoms with Gasteiger partial charge in [-0.1, -0.05) is 55.5 Å². The lowest BCUT2D eigenvalue weighted by Gasteiger charge is -2.20. The molecular formula is C23H24N4O2. The Bertz CT molecular complexity index is 1010. The van der Waals surface area contributed by atoms with Gasteiger partial charge in [0.05, 0.1) is 18.7 Å². The Balaban J connectivity index is 1.45. The zero-order chi connectivity index (χ0) is 20.2. The topological polar surface area (TPSA) is 67.2 Å². The van der Waals surface area contributed by atoms with Crippen LogP contribution in [0.3, 0.4) is 0 Å². The molecule has 29 heavy (non-hydrogen) atoms. The zero-order valence-corrected chi connectivity index (χ0v) is 16.4. The van der Waals surface area contributed by atoms with E-state index in [1.54, 1.807) is 21.8 Å². The van der Waals surface area contributed by atoms with Crippen molar-refractivity contribution in [1.82, 2.24) is 9.78 Å². The van der Waals surface area contributed by atoms with Crippen molar-refractivity contribution < 1.29 is 9.59 Å². The molecule has 1 aromatic heterocycles.